The van der Waals surface area contributed by atoms with Crippen LogP contribution in [-0.2, 0) is 16.7 Å². The fraction of sp³-hybridized carbons (Fsp3) is 0.667. The number of nitrogens with zero attached hydrogens (tertiary/aromatic N) is 2. The molecular formula is C18H27N3O4. The van der Waals surface area contributed by atoms with Crippen molar-refractivity contribution in [1.29, 1.82) is 0 Å². The highest BCUT2D eigenvalue weighted by Gasteiger charge is 2.46. The van der Waals surface area contributed by atoms with Crippen molar-refractivity contribution in [2.45, 2.75) is 51.2 Å². The van der Waals surface area contributed by atoms with Crippen molar-refractivity contribution in [2.75, 3.05) is 26.7 Å². The number of hydrogen-bond donors (Lipinski definition) is 1. The summed E-state index contributed by atoms with van der Waals surface area (Å²) in [6.45, 7) is 9.01. The van der Waals surface area contributed by atoms with Crippen LogP contribution in [0.3, 0.4) is 0 Å². The molecule has 2 saturated heterocycles. The first-order chi connectivity index (χ1) is 11.6. The van der Waals surface area contributed by atoms with Crippen molar-refractivity contribution in [2.24, 2.45) is 5.73 Å². The lowest BCUT2D eigenvalue weighted by Gasteiger charge is -2.38. The van der Waals surface area contributed by atoms with Crippen LogP contribution in [-0.4, -0.2) is 54.1 Å². The number of carbonyl (C=O) groups excluding carboxylic acids is 2. The number of hydrogen-bond acceptors (Lipinski definition) is 5. The highest BCUT2D eigenvalue weighted by atomic mass is 16.6. The maximum atomic E-state index is 11.8. The van der Waals surface area contributed by atoms with E-state index in [0.717, 1.165) is 30.7 Å². The average Bonchev–Trinajstić information content (AvgIpc) is 3.01. The van der Waals surface area contributed by atoms with E-state index in [0.29, 0.717) is 19.6 Å². The van der Waals surface area contributed by atoms with E-state index in [1.165, 1.54) is 0 Å². The van der Waals surface area contributed by atoms with E-state index in [2.05, 4.69) is 4.90 Å². The van der Waals surface area contributed by atoms with E-state index in [1.807, 2.05) is 20.8 Å². The number of likely N-dealkylation sites (tertiary alicyclic amines) is 1. The van der Waals surface area contributed by atoms with Gasteiger partial charge in [-0.25, -0.2) is 4.79 Å². The van der Waals surface area contributed by atoms with Gasteiger partial charge in [0.05, 0.1) is 6.54 Å². The third kappa shape index (κ3) is 3.51. The Morgan fingerprint density at radius 1 is 1.36 bits per heavy atom. The Labute approximate surface area is 148 Å². The van der Waals surface area contributed by atoms with Gasteiger partial charge in [-0.3, -0.25) is 9.69 Å². The summed E-state index contributed by atoms with van der Waals surface area (Å²) in [5, 5.41) is 0. The molecule has 0 aliphatic carbocycles. The summed E-state index contributed by atoms with van der Waals surface area (Å²) in [7, 11) is 1.77. The van der Waals surface area contributed by atoms with Crippen molar-refractivity contribution in [3.05, 3.63) is 23.2 Å². The Bertz CT molecular complexity index is 691. The molecule has 1 aromatic heterocycles. The quantitative estimate of drug-likeness (QED) is 0.902. The molecule has 1 aromatic rings. The summed E-state index contributed by atoms with van der Waals surface area (Å²) in [6, 6.07) is 1.75. The smallest absolute Gasteiger partial charge is 0.410 e. The number of rotatable bonds is 3. The van der Waals surface area contributed by atoms with Crippen LogP contribution in [0.5, 0.6) is 0 Å². The van der Waals surface area contributed by atoms with Crippen molar-refractivity contribution < 1.29 is 18.7 Å². The lowest BCUT2D eigenvalue weighted by molar-refractivity contribution is -0.0115. The van der Waals surface area contributed by atoms with Gasteiger partial charge in [0.25, 0.3) is 5.91 Å². The molecule has 0 bridgehead atoms. The molecule has 2 aliphatic rings. The van der Waals surface area contributed by atoms with Crippen LogP contribution < -0.4 is 5.73 Å². The van der Waals surface area contributed by atoms with Crippen molar-refractivity contribution >= 4 is 12.0 Å². The fourth-order valence-electron chi connectivity index (χ4n) is 3.87. The molecule has 2 fully saturated rings. The minimum Gasteiger partial charge on any atom is -0.455 e. The van der Waals surface area contributed by atoms with Gasteiger partial charge < -0.3 is 19.8 Å². The SMILES string of the molecule is CN1CC2(CCCN(Cc3cc(C(N)=O)oc3C(C)(C)C)C2)OC1=O. The summed E-state index contributed by atoms with van der Waals surface area (Å²) in [5.41, 5.74) is 5.70. The first kappa shape index (κ1) is 17.8. The third-order valence-electron chi connectivity index (χ3n) is 4.89. The molecule has 0 aromatic carbocycles. The molecule has 1 spiro atoms. The van der Waals surface area contributed by atoms with Gasteiger partial charge in [0.1, 0.15) is 11.4 Å². The average molecular weight is 349 g/mol. The number of amides is 2. The van der Waals surface area contributed by atoms with E-state index in [1.54, 1.807) is 18.0 Å². The van der Waals surface area contributed by atoms with E-state index < -0.39 is 11.5 Å². The first-order valence-electron chi connectivity index (χ1n) is 8.69. The van der Waals surface area contributed by atoms with Gasteiger partial charge in [-0.05, 0) is 25.5 Å². The van der Waals surface area contributed by atoms with Crippen LogP contribution in [0.25, 0.3) is 0 Å². The molecule has 2 amide bonds. The molecule has 25 heavy (non-hydrogen) atoms. The largest absolute Gasteiger partial charge is 0.455 e. The molecule has 1 atom stereocenters. The summed E-state index contributed by atoms with van der Waals surface area (Å²) in [4.78, 5) is 27.2. The minimum atomic E-state index is -0.557. The van der Waals surface area contributed by atoms with Crippen LogP contribution in [0, 0.1) is 0 Å². The Morgan fingerprint density at radius 3 is 2.64 bits per heavy atom. The Hall–Kier alpha value is -2.02. The van der Waals surface area contributed by atoms with Gasteiger partial charge in [-0.15, -0.1) is 0 Å². The second-order valence-electron chi connectivity index (χ2n) is 8.30. The molecule has 7 nitrogen and oxygen atoms in total. The normalized spacial score (nSPS) is 24.8. The molecule has 7 heteroatoms. The molecule has 0 radical (unpaired) electrons. The Morgan fingerprint density at radius 2 is 2.08 bits per heavy atom. The summed E-state index contributed by atoms with van der Waals surface area (Å²) in [6.07, 6.45) is 1.59. The summed E-state index contributed by atoms with van der Waals surface area (Å²) >= 11 is 0. The van der Waals surface area contributed by atoms with Gasteiger partial charge in [-0.1, -0.05) is 20.8 Å². The Kier molecular flexibility index (Phi) is 4.31. The highest BCUT2D eigenvalue weighted by Crippen LogP contribution is 2.34. The zero-order valence-corrected chi connectivity index (χ0v) is 15.4. The van der Waals surface area contributed by atoms with Crippen molar-refractivity contribution in [1.82, 2.24) is 9.80 Å². The lowest BCUT2D eigenvalue weighted by Crippen LogP contribution is -2.50. The molecule has 2 N–H and O–H groups in total. The van der Waals surface area contributed by atoms with Gasteiger partial charge in [0.15, 0.2) is 5.76 Å². The zero-order chi connectivity index (χ0) is 18.4. The summed E-state index contributed by atoms with van der Waals surface area (Å²) in [5.74, 6) is 0.415. The number of piperidine rings is 1. The minimum absolute atomic E-state index is 0.193. The number of nitrogens with two attached hydrogens (primary N) is 1. The number of carbonyl (C=O) groups is 2. The van der Waals surface area contributed by atoms with Gasteiger partial charge >= 0.3 is 6.09 Å². The monoisotopic (exact) mass is 349 g/mol. The number of ether oxygens (including phenoxy) is 1. The van der Waals surface area contributed by atoms with Gasteiger partial charge in [-0.2, -0.15) is 0 Å². The standard InChI is InChI=1S/C18H27N3O4/c1-17(2,3)14-12(8-13(24-14)15(19)22)9-21-7-5-6-18(11-21)10-20(4)16(23)25-18/h8H,5-7,9-11H2,1-4H3,(H2,19,22). The van der Waals surface area contributed by atoms with Gasteiger partial charge in [0, 0.05) is 31.1 Å². The van der Waals surface area contributed by atoms with E-state index in [-0.39, 0.29) is 17.3 Å². The van der Waals surface area contributed by atoms with E-state index in [4.69, 9.17) is 14.9 Å². The second kappa shape index (κ2) is 6.05. The van der Waals surface area contributed by atoms with Crippen LogP contribution in [0.4, 0.5) is 4.79 Å². The molecule has 138 valence electrons. The van der Waals surface area contributed by atoms with Crippen LogP contribution in [0.15, 0.2) is 10.5 Å². The predicted molar refractivity (Wildman–Crippen MR) is 92.3 cm³/mol. The van der Waals surface area contributed by atoms with Crippen LogP contribution in [0.1, 0.15) is 55.5 Å². The lowest BCUT2D eigenvalue weighted by atomic mass is 9.89. The third-order valence-corrected chi connectivity index (χ3v) is 4.89. The molecule has 3 rings (SSSR count). The zero-order valence-electron chi connectivity index (χ0n) is 15.4. The number of primary amides is 1. The maximum Gasteiger partial charge on any atom is 0.410 e. The van der Waals surface area contributed by atoms with E-state index >= 15 is 0 Å². The highest BCUT2D eigenvalue weighted by molar-refractivity contribution is 5.90. The van der Waals surface area contributed by atoms with E-state index in [9.17, 15) is 9.59 Å². The second-order valence-corrected chi connectivity index (χ2v) is 8.30. The maximum absolute atomic E-state index is 11.8. The van der Waals surface area contributed by atoms with Gasteiger partial charge in [0.2, 0.25) is 0 Å². The number of furan rings is 1. The summed E-state index contributed by atoms with van der Waals surface area (Å²) < 4.78 is 11.4. The molecule has 1 unspecified atom stereocenters. The molecule has 3 heterocycles. The molecule has 2 aliphatic heterocycles. The fourth-order valence-corrected chi connectivity index (χ4v) is 3.87. The topological polar surface area (TPSA) is 89.0 Å². The van der Waals surface area contributed by atoms with Crippen LogP contribution in [0.2, 0.25) is 0 Å². The number of likely N-dealkylation sites (N-methyl/N-ethyl adjacent to an activating group) is 1. The molecular weight excluding hydrogens is 322 g/mol. The van der Waals surface area contributed by atoms with Crippen molar-refractivity contribution in [3.63, 3.8) is 0 Å². The van der Waals surface area contributed by atoms with Crippen molar-refractivity contribution in [3.8, 4) is 0 Å². The molecule has 0 saturated carbocycles. The predicted octanol–water partition coefficient (Wildman–Crippen LogP) is 2.09. The van der Waals surface area contributed by atoms with Crippen LogP contribution >= 0.6 is 0 Å². The first-order valence-corrected chi connectivity index (χ1v) is 8.69. The Balaban J connectivity index is 1.80.